The van der Waals surface area contributed by atoms with E-state index >= 15 is 0 Å². The molecule has 1 N–H and O–H groups in total. The van der Waals surface area contributed by atoms with Crippen molar-refractivity contribution < 1.29 is 0 Å². The smallest absolute Gasteiger partial charge is 0.0121 e. The summed E-state index contributed by atoms with van der Waals surface area (Å²) in [6, 6.07) is 1.58. The van der Waals surface area contributed by atoms with Crippen LogP contribution in [0.2, 0.25) is 0 Å². The Balaban J connectivity index is 1.78. The molecule has 0 amide bonds. The lowest BCUT2D eigenvalue weighted by molar-refractivity contribution is 0.207. The maximum absolute atomic E-state index is 3.91. The number of piperidine rings is 1. The highest BCUT2D eigenvalue weighted by Gasteiger charge is 2.34. The van der Waals surface area contributed by atoms with Gasteiger partial charge >= 0.3 is 0 Å². The molecule has 0 aromatic heterocycles. The molecule has 1 aliphatic carbocycles. The Kier molecular flexibility index (Phi) is 3.68. The number of nitrogens with one attached hydrogen (secondary N) is 1. The normalized spacial score (nSPS) is 27.2. The Bertz CT molecular complexity index is 189. The van der Waals surface area contributed by atoms with E-state index in [1.807, 2.05) is 0 Å². The summed E-state index contributed by atoms with van der Waals surface area (Å²) in [5.41, 5.74) is 0. The van der Waals surface area contributed by atoms with Gasteiger partial charge in [0.15, 0.2) is 0 Å². The van der Waals surface area contributed by atoms with Crippen LogP contribution in [0, 0.1) is 11.8 Å². The van der Waals surface area contributed by atoms with Crippen LogP contribution in [0.3, 0.4) is 0 Å². The first-order valence-electron chi connectivity index (χ1n) is 6.61. The average Bonchev–Trinajstić information content (AvgIpc) is 3.00. The Morgan fingerprint density at radius 3 is 2.13 bits per heavy atom. The SMILES string of the molecule is CC(C)C(NC1CCN(C)CC1)C1CC1. The maximum atomic E-state index is 3.91. The van der Waals surface area contributed by atoms with Gasteiger partial charge in [-0.25, -0.2) is 0 Å². The molecule has 2 nitrogen and oxygen atoms in total. The zero-order valence-corrected chi connectivity index (χ0v) is 10.5. The minimum Gasteiger partial charge on any atom is -0.311 e. The van der Waals surface area contributed by atoms with Crippen LogP contribution in [0.1, 0.15) is 39.5 Å². The van der Waals surface area contributed by atoms with Crippen molar-refractivity contribution in [3.05, 3.63) is 0 Å². The van der Waals surface area contributed by atoms with E-state index in [0.29, 0.717) is 0 Å². The van der Waals surface area contributed by atoms with E-state index in [1.54, 1.807) is 0 Å². The Morgan fingerprint density at radius 2 is 1.67 bits per heavy atom. The number of nitrogens with zero attached hydrogens (tertiary/aromatic N) is 1. The van der Waals surface area contributed by atoms with E-state index in [-0.39, 0.29) is 0 Å². The number of likely N-dealkylation sites (tertiary alicyclic amines) is 1. The van der Waals surface area contributed by atoms with Crippen molar-refractivity contribution in [2.45, 2.75) is 51.6 Å². The van der Waals surface area contributed by atoms with Crippen LogP contribution in [-0.4, -0.2) is 37.1 Å². The first-order chi connectivity index (χ1) is 7.16. The number of hydrogen-bond donors (Lipinski definition) is 1. The molecule has 1 atom stereocenters. The molecule has 2 heteroatoms. The van der Waals surface area contributed by atoms with Gasteiger partial charge in [-0.15, -0.1) is 0 Å². The zero-order chi connectivity index (χ0) is 10.8. The highest BCUT2D eigenvalue weighted by Crippen LogP contribution is 2.36. The monoisotopic (exact) mass is 210 g/mol. The fourth-order valence-corrected chi connectivity index (χ4v) is 2.78. The molecule has 2 rings (SSSR count). The van der Waals surface area contributed by atoms with Crippen LogP contribution in [0.25, 0.3) is 0 Å². The lowest BCUT2D eigenvalue weighted by Gasteiger charge is -2.34. The maximum Gasteiger partial charge on any atom is 0.0121 e. The topological polar surface area (TPSA) is 15.3 Å². The molecule has 1 saturated heterocycles. The van der Waals surface area contributed by atoms with Gasteiger partial charge in [0, 0.05) is 12.1 Å². The fraction of sp³-hybridized carbons (Fsp3) is 1.00. The average molecular weight is 210 g/mol. The van der Waals surface area contributed by atoms with E-state index in [9.17, 15) is 0 Å². The molecule has 0 spiro atoms. The Labute approximate surface area is 94.4 Å². The second-order valence-electron chi connectivity index (χ2n) is 5.85. The van der Waals surface area contributed by atoms with Crippen LogP contribution in [0.4, 0.5) is 0 Å². The highest BCUT2D eigenvalue weighted by molar-refractivity contribution is 4.91. The molecular weight excluding hydrogens is 184 g/mol. The van der Waals surface area contributed by atoms with E-state index in [2.05, 4.69) is 31.1 Å². The van der Waals surface area contributed by atoms with Crippen molar-refractivity contribution in [1.82, 2.24) is 10.2 Å². The van der Waals surface area contributed by atoms with Crippen LogP contribution >= 0.6 is 0 Å². The Morgan fingerprint density at radius 1 is 1.07 bits per heavy atom. The van der Waals surface area contributed by atoms with E-state index < -0.39 is 0 Å². The van der Waals surface area contributed by atoms with Crippen molar-refractivity contribution in [3.63, 3.8) is 0 Å². The van der Waals surface area contributed by atoms with Gasteiger partial charge in [0.25, 0.3) is 0 Å². The molecule has 2 fully saturated rings. The van der Waals surface area contributed by atoms with Crippen molar-refractivity contribution in [3.8, 4) is 0 Å². The summed E-state index contributed by atoms with van der Waals surface area (Å²) in [6.07, 6.45) is 5.60. The molecule has 0 radical (unpaired) electrons. The van der Waals surface area contributed by atoms with E-state index in [4.69, 9.17) is 0 Å². The van der Waals surface area contributed by atoms with Crippen LogP contribution in [0.5, 0.6) is 0 Å². The van der Waals surface area contributed by atoms with E-state index in [0.717, 1.165) is 23.9 Å². The van der Waals surface area contributed by atoms with Gasteiger partial charge in [-0.2, -0.15) is 0 Å². The van der Waals surface area contributed by atoms with Crippen molar-refractivity contribution in [2.75, 3.05) is 20.1 Å². The van der Waals surface area contributed by atoms with Crippen molar-refractivity contribution >= 4 is 0 Å². The molecule has 1 unspecified atom stereocenters. The quantitative estimate of drug-likeness (QED) is 0.764. The number of rotatable bonds is 4. The van der Waals surface area contributed by atoms with Gasteiger partial charge < -0.3 is 10.2 Å². The summed E-state index contributed by atoms with van der Waals surface area (Å²) >= 11 is 0. The van der Waals surface area contributed by atoms with Crippen LogP contribution < -0.4 is 5.32 Å². The summed E-state index contributed by atoms with van der Waals surface area (Å²) in [7, 11) is 2.23. The molecule has 0 aromatic rings. The standard InChI is InChI=1S/C13H26N2/c1-10(2)13(11-4-5-11)14-12-6-8-15(3)9-7-12/h10-14H,4-9H2,1-3H3. The van der Waals surface area contributed by atoms with Gasteiger partial charge in [0.1, 0.15) is 0 Å². The molecule has 0 aromatic carbocycles. The molecular formula is C13H26N2. The van der Waals surface area contributed by atoms with Crippen LogP contribution in [-0.2, 0) is 0 Å². The largest absolute Gasteiger partial charge is 0.311 e. The summed E-state index contributed by atoms with van der Waals surface area (Å²) < 4.78 is 0. The molecule has 88 valence electrons. The predicted molar refractivity (Wildman–Crippen MR) is 65.0 cm³/mol. The van der Waals surface area contributed by atoms with Gasteiger partial charge in [-0.1, -0.05) is 13.8 Å². The first-order valence-corrected chi connectivity index (χ1v) is 6.61. The minimum absolute atomic E-state index is 0.786. The van der Waals surface area contributed by atoms with Gasteiger partial charge in [0.05, 0.1) is 0 Å². The second kappa shape index (κ2) is 4.84. The molecule has 0 bridgehead atoms. The molecule has 2 aliphatic rings. The van der Waals surface area contributed by atoms with Gasteiger partial charge in [-0.3, -0.25) is 0 Å². The minimum atomic E-state index is 0.786. The van der Waals surface area contributed by atoms with Crippen LogP contribution in [0.15, 0.2) is 0 Å². The molecule has 1 aliphatic heterocycles. The third-order valence-corrected chi connectivity index (χ3v) is 3.99. The fourth-order valence-electron chi connectivity index (χ4n) is 2.78. The van der Waals surface area contributed by atoms with Gasteiger partial charge in [-0.05, 0) is 57.7 Å². The van der Waals surface area contributed by atoms with Crippen molar-refractivity contribution in [1.29, 1.82) is 0 Å². The predicted octanol–water partition coefficient (Wildman–Crippen LogP) is 2.10. The van der Waals surface area contributed by atoms with E-state index in [1.165, 1.54) is 38.8 Å². The Hall–Kier alpha value is -0.0800. The summed E-state index contributed by atoms with van der Waals surface area (Å²) in [6.45, 7) is 7.27. The second-order valence-corrected chi connectivity index (χ2v) is 5.85. The summed E-state index contributed by atoms with van der Waals surface area (Å²) in [5.74, 6) is 1.79. The lowest BCUT2D eigenvalue weighted by Crippen LogP contribution is -2.47. The third-order valence-electron chi connectivity index (χ3n) is 3.99. The molecule has 15 heavy (non-hydrogen) atoms. The lowest BCUT2D eigenvalue weighted by atomic mass is 9.96. The third kappa shape index (κ3) is 3.18. The molecule has 1 saturated carbocycles. The first kappa shape index (κ1) is 11.4. The highest BCUT2D eigenvalue weighted by atomic mass is 15.1. The number of hydrogen-bond acceptors (Lipinski definition) is 2. The molecule has 1 heterocycles. The summed E-state index contributed by atoms with van der Waals surface area (Å²) in [4.78, 5) is 2.44. The zero-order valence-electron chi connectivity index (χ0n) is 10.5. The van der Waals surface area contributed by atoms with Crippen molar-refractivity contribution in [2.24, 2.45) is 11.8 Å². The summed E-state index contributed by atoms with van der Waals surface area (Å²) in [5, 5.41) is 3.91. The van der Waals surface area contributed by atoms with Gasteiger partial charge in [0.2, 0.25) is 0 Å².